The van der Waals surface area contributed by atoms with E-state index in [1.807, 2.05) is 0 Å². The molecule has 4 nitrogen and oxygen atoms in total. The summed E-state index contributed by atoms with van der Waals surface area (Å²) in [5.74, 6) is 0.732. The van der Waals surface area contributed by atoms with Gasteiger partial charge in [0, 0.05) is 43.6 Å². The lowest BCUT2D eigenvalue weighted by Crippen LogP contribution is -2.34. The lowest BCUT2D eigenvalue weighted by molar-refractivity contribution is -0.671. The van der Waals surface area contributed by atoms with Crippen LogP contribution >= 0.6 is 12.0 Å². The predicted octanol–water partition coefficient (Wildman–Crippen LogP) is 5.64. The van der Waals surface area contributed by atoms with Crippen LogP contribution in [0.4, 0.5) is 5.69 Å². The fourth-order valence-electron chi connectivity index (χ4n) is 3.88. The van der Waals surface area contributed by atoms with Crippen molar-refractivity contribution >= 4 is 40.8 Å². The van der Waals surface area contributed by atoms with Gasteiger partial charge in [-0.3, -0.25) is 0 Å². The molecule has 3 rings (SSSR count). The number of rotatable bonds is 13. The maximum Gasteiger partial charge on any atom is 0.213 e. The first-order valence-corrected chi connectivity index (χ1v) is 12.5. The minimum atomic E-state index is 0.732. The predicted molar refractivity (Wildman–Crippen MR) is 135 cm³/mol. The standard InChI is InChI=1S/C27H34N2O2S/c1-3-4-7-19-28(2)25-16-13-23(14-17-25)12-15-24-18-21-29(20-8-9-22-32-31-30)27-11-6-5-10-26(24)27/h5-6,10-18,21H,3-4,7-9,19-20,22H2,1-2H3. The highest BCUT2D eigenvalue weighted by Crippen LogP contribution is 2.20. The van der Waals surface area contributed by atoms with Crippen molar-refractivity contribution < 1.29 is 14.2 Å². The second-order valence-corrected chi connectivity index (χ2v) is 8.91. The molecule has 3 aromatic rings. The molecule has 0 N–H and O–H groups in total. The minimum absolute atomic E-state index is 0.732. The molecule has 32 heavy (non-hydrogen) atoms. The van der Waals surface area contributed by atoms with E-state index in [4.69, 9.17) is 0 Å². The topological polar surface area (TPSA) is 39.4 Å². The van der Waals surface area contributed by atoms with Crippen molar-refractivity contribution in [2.24, 2.45) is 0 Å². The highest BCUT2D eigenvalue weighted by atomic mass is 32.2. The van der Waals surface area contributed by atoms with Crippen LogP contribution < -0.4 is 14.7 Å². The summed E-state index contributed by atoms with van der Waals surface area (Å²) in [6.07, 6.45) is 12.3. The van der Waals surface area contributed by atoms with Gasteiger partial charge in [0.25, 0.3) is 0 Å². The van der Waals surface area contributed by atoms with Crippen molar-refractivity contribution in [3.8, 4) is 0 Å². The summed E-state index contributed by atoms with van der Waals surface area (Å²) in [6, 6.07) is 19.5. The van der Waals surface area contributed by atoms with E-state index in [9.17, 15) is 5.26 Å². The number of pyridine rings is 1. The van der Waals surface area contributed by atoms with Crippen molar-refractivity contribution in [2.45, 2.75) is 45.6 Å². The molecule has 2 aromatic carbocycles. The Labute approximate surface area is 196 Å². The Hall–Kier alpha value is -2.34. The molecule has 0 saturated heterocycles. The lowest BCUT2D eigenvalue weighted by atomic mass is 10.1. The smallest absolute Gasteiger partial charge is 0.213 e. The van der Waals surface area contributed by atoms with Crippen LogP contribution in [-0.4, -0.2) is 19.3 Å². The van der Waals surface area contributed by atoms with Gasteiger partial charge in [-0.05, 0) is 54.2 Å². The molecule has 0 aliphatic heterocycles. The van der Waals surface area contributed by atoms with E-state index < -0.39 is 0 Å². The number of benzene rings is 2. The van der Waals surface area contributed by atoms with Crippen LogP contribution in [0.2, 0.25) is 0 Å². The summed E-state index contributed by atoms with van der Waals surface area (Å²) in [7, 11) is 2.17. The number of fused-ring (bicyclic) bond motifs is 1. The molecule has 0 aliphatic carbocycles. The molecule has 0 spiro atoms. The molecule has 5 heteroatoms. The zero-order valence-electron chi connectivity index (χ0n) is 19.2. The molecule has 0 radical (unpaired) electrons. The molecule has 0 fully saturated rings. The van der Waals surface area contributed by atoms with Crippen LogP contribution in [0.5, 0.6) is 0 Å². The van der Waals surface area contributed by atoms with Gasteiger partial charge in [0.1, 0.15) is 6.54 Å². The van der Waals surface area contributed by atoms with Gasteiger partial charge in [-0.25, -0.2) is 0 Å². The summed E-state index contributed by atoms with van der Waals surface area (Å²) in [5.41, 5.74) is 4.92. The Kier molecular flexibility index (Phi) is 10.1. The molecule has 0 unspecified atom stereocenters. The van der Waals surface area contributed by atoms with Gasteiger partial charge in [-0.15, -0.1) is 0 Å². The zero-order chi connectivity index (χ0) is 22.6. The van der Waals surface area contributed by atoms with Gasteiger partial charge < -0.3 is 14.5 Å². The number of aromatic nitrogens is 1. The van der Waals surface area contributed by atoms with Crippen molar-refractivity contribution in [3.63, 3.8) is 0 Å². The van der Waals surface area contributed by atoms with Crippen molar-refractivity contribution in [2.75, 3.05) is 24.2 Å². The van der Waals surface area contributed by atoms with Crippen LogP contribution in [0.3, 0.4) is 0 Å². The van der Waals surface area contributed by atoms with Gasteiger partial charge in [0.05, 0.1) is 5.39 Å². The quantitative estimate of drug-likeness (QED) is 0.111. The molecule has 1 heterocycles. The monoisotopic (exact) mass is 450 g/mol. The van der Waals surface area contributed by atoms with E-state index in [2.05, 4.69) is 101 Å². The summed E-state index contributed by atoms with van der Waals surface area (Å²) < 4.78 is 6.12. The van der Waals surface area contributed by atoms with E-state index in [-0.39, 0.29) is 0 Å². The first-order valence-electron chi connectivity index (χ1n) is 11.5. The van der Waals surface area contributed by atoms with E-state index in [0.717, 1.165) is 43.7 Å². The number of para-hydroxylation sites is 1. The Morgan fingerprint density at radius 3 is 2.56 bits per heavy atom. The van der Waals surface area contributed by atoms with Crippen LogP contribution in [0.25, 0.3) is 23.1 Å². The van der Waals surface area contributed by atoms with Gasteiger partial charge in [0.2, 0.25) is 5.52 Å². The summed E-state index contributed by atoms with van der Waals surface area (Å²) >= 11 is 0.984. The van der Waals surface area contributed by atoms with Crippen LogP contribution in [-0.2, 0) is 10.9 Å². The maximum atomic E-state index is 10.1. The molecular formula is C27H34N2O2S. The fourth-order valence-corrected chi connectivity index (χ4v) is 4.27. The summed E-state index contributed by atoms with van der Waals surface area (Å²) in [5, 5.41) is 11.3. The molecule has 0 atom stereocenters. The Bertz CT molecular complexity index is 989. The second-order valence-electron chi connectivity index (χ2n) is 8.13. The third-order valence-corrected chi connectivity index (χ3v) is 6.32. The third-order valence-electron chi connectivity index (χ3n) is 5.77. The summed E-state index contributed by atoms with van der Waals surface area (Å²) in [4.78, 5) is 2.33. The molecule has 1 aromatic heterocycles. The number of aryl methyl sites for hydroxylation is 1. The molecule has 0 bridgehead atoms. The molecule has 170 valence electrons. The first-order chi connectivity index (χ1) is 15.7. The fraction of sp³-hybridized carbons (Fsp3) is 0.370. The molecule has 0 saturated carbocycles. The second kappa shape index (κ2) is 13.3. The average Bonchev–Trinajstić information content (AvgIpc) is 2.83. The Morgan fingerprint density at radius 2 is 1.78 bits per heavy atom. The van der Waals surface area contributed by atoms with Gasteiger partial charge in [-0.1, -0.05) is 56.2 Å². The van der Waals surface area contributed by atoms with Crippen LogP contribution in [0, 0.1) is 0 Å². The highest BCUT2D eigenvalue weighted by molar-refractivity contribution is 7.94. The van der Waals surface area contributed by atoms with Crippen molar-refractivity contribution in [3.05, 3.63) is 71.9 Å². The van der Waals surface area contributed by atoms with Gasteiger partial charge >= 0.3 is 0 Å². The number of hydrogen-bond acceptors (Lipinski definition) is 4. The number of anilines is 1. The third kappa shape index (κ3) is 7.09. The van der Waals surface area contributed by atoms with Crippen molar-refractivity contribution in [1.29, 1.82) is 0 Å². The maximum absolute atomic E-state index is 10.1. The average molecular weight is 451 g/mol. The molecule has 0 aliphatic rings. The normalized spacial score (nSPS) is 11.5. The van der Waals surface area contributed by atoms with E-state index in [0.29, 0.717) is 0 Å². The molecular weight excluding hydrogens is 416 g/mol. The van der Waals surface area contributed by atoms with Crippen LogP contribution in [0.15, 0.2) is 60.8 Å². The molecule has 0 amide bonds. The van der Waals surface area contributed by atoms with Crippen LogP contribution in [0.1, 0.15) is 50.2 Å². The summed E-state index contributed by atoms with van der Waals surface area (Å²) in [6.45, 7) is 4.27. The van der Waals surface area contributed by atoms with Gasteiger partial charge in [-0.2, -0.15) is 4.57 Å². The van der Waals surface area contributed by atoms with Crippen molar-refractivity contribution in [1.82, 2.24) is 0 Å². The first kappa shape index (κ1) is 24.3. The SMILES string of the molecule is CCCCCN(C)c1ccc(C=Cc2cc[n+](CCCCSO[O-])c3ccccc23)cc1. The van der Waals surface area contributed by atoms with E-state index >= 15 is 0 Å². The zero-order valence-corrected chi connectivity index (χ0v) is 20.0. The Balaban J connectivity index is 1.68. The number of hydrogen-bond donors (Lipinski definition) is 0. The van der Waals surface area contributed by atoms with E-state index in [1.165, 1.54) is 47.0 Å². The Morgan fingerprint density at radius 1 is 0.969 bits per heavy atom. The lowest BCUT2D eigenvalue weighted by Gasteiger charge is -2.19. The highest BCUT2D eigenvalue weighted by Gasteiger charge is 2.10. The van der Waals surface area contributed by atoms with E-state index in [1.54, 1.807) is 0 Å². The number of unbranched alkanes of at least 4 members (excludes halogenated alkanes) is 3. The number of nitrogens with zero attached hydrogens (tertiary/aromatic N) is 2. The largest absolute Gasteiger partial charge is 0.711 e. The minimum Gasteiger partial charge on any atom is -0.711 e. The van der Waals surface area contributed by atoms with Gasteiger partial charge in [0.15, 0.2) is 6.20 Å².